The summed E-state index contributed by atoms with van der Waals surface area (Å²) >= 11 is 12.0. The summed E-state index contributed by atoms with van der Waals surface area (Å²) in [6.07, 6.45) is 1.54. The monoisotopic (exact) mass is 389 g/mol. The number of hydrogen-bond donors (Lipinski definition) is 0. The molecule has 2 rings (SSSR count). The van der Waals surface area contributed by atoms with Crippen LogP contribution in [0.5, 0.6) is 5.75 Å². The van der Waals surface area contributed by atoms with Crippen molar-refractivity contribution >= 4 is 40.8 Å². The third-order valence-corrected chi connectivity index (χ3v) is 3.80. The zero-order valence-corrected chi connectivity index (χ0v) is 15.8. The van der Waals surface area contributed by atoms with Gasteiger partial charge in [-0.2, -0.15) is 5.26 Å². The number of halogens is 2. The van der Waals surface area contributed by atoms with Crippen LogP contribution in [-0.2, 0) is 9.53 Å². The number of benzene rings is 2. The number of allylic oxidation sites excluding steroid dienone is 1. The first-order valence-electron chi connectivity index (χ1n) is 7.88. The first-order chi connectivity index (χ1) is 12.4. The van der Waals surface area contributed by atoms with Gasteiger partial charge in [0.2, 0.25) is 0 Å². The summed E-state index contributed by atoms with van der Waals surface area (Å²) in [5.41, 5.74) is 1.82. The third-order valence-electron chi connectivity index (χ3n) is 3.26. The SMILES string of the molecule is CC(C)OC(=O)COc1ccc(/C=C(/C#N)c2ccc(Cl)cc2Cl)cc1. The fourth-order valence-electron chi connectivity index (χ4n) is 2.14. The fraction of sp³-hybridized carbons (Fsp3) is 0.200. The number of nitriles is 1. The van der Waals surface area contributed by atoms with Gasteiger partial charge in [-0.15, -0.1) is 0 Å². The average molecular weight is 390 g/mol. The molecule has 0 unspecified atom stereocenters. The third kappa shape index (κ3) is 5.80. The first-order valence-corrected chi connectivity index (χ1v) is 8.64. The van der Waals surface area contributed by atoms with Gasteiger partial charge in [0.1, 0.15) is 5.75 Å². The van der Waals surface area contributed by atoms with Gasteiger partial charge in [-0.3, -0.25) is 0 Å². The molecule has 0 saturated carbocycles. The number of hydrogen-bond acceptors (Lipinski definition) is 4. The Kier molecular flexibility index (Phi) is 7.08. The molecule has 0 heterocycles. The van der Waals surface area contributed by atoms with E-state index in [1.165, 1.54) is 0 Å². The van der Waals surface area contributed by atoms with Crippen molar-refractivity contribution in [3.05, 3.63) is 63.6 Å². The Hall–Kier alpha value is -2.48. The van der Waals surface area contributed by atoms with Gasteiger partial charge in [0.15, 0.2) is 6.61 Å². The summed E-state index contributed by atoms with van der Waals surface area (Å²) in [5, 5.41) is 10.3. The van der Waals surface area contributed by atoms with Crippen molar-refractivity contribution in [2.45, 2.75) is 20.0 Å². The van der Waals surface area contributed by atoms with Crippen molar-refractivity contribution in [1.82, 2.24) is 0 Å². The number of rotatable bonds is 6. The lowest BCUT2D eigenvalue weighted by atomic mass is 10.0. The van der Waals surface area contributed by atoms with Gasteiger partial charge in [0, 0.05) is 10.6 Å². The van der Waals surface area contributed by atoms with Crippen molar-refractivity contribution in [1.29, 1.82) is 5.26 Å². The molecule has 0 N–H and O–H groups in total. The van der Waals surface area contributed by atoms with Crippen LogP contribution in [0.15, 0.2) is 42.5 Å². The summed E-state index contributed by atoms with van der Waals surface area (Å²) in [6, 6.07) is 14.1. The van der Waals surface area contributed by atoms with Crippen LogP contribution in [0.2, 0.25) is 10.0 Å². The molecule has 0 bridgehead atoms. The van der Waals surface area contributed by atoms with Crippen LogP contribution in [-0.4, -0.2) is 18.7 Å². The standard InChI is InChI=1S/C20H17Cl2NO3/c1-13(2)26-20(24)12-25-17-6-3-14(4-7-17)9-15(11-23)18-8-5-16(21)10-19(18)22/h3-10,13H,12H2,1-2H3/b15-9-. The lowest BCUT2D eigenvalue weighted by Crippen LogP contribution is -2.18. The topological polar surface area (TPSA) is 59.3 Å². The second-order valence-electron chi connectivity index (χ2n) is 5.69. The predicted molar refractivity (Wildman–Crippen MR) is 103 cm³/mol. The summed E-state index contributed by atoms with van der Waals surface area (Å²) < 4.78 is 10.4. The highest BCUT2D eigenvalue weighted by molar-refractivity contribution is 6.36. The molecule has 0 fully saturated rings. The minimum absolute atomic E-state index is 0.156. The number of nitrogens with zero attached hydrogens (tertiary/aromatic N) is 1. The first kappa shape index (κ1) is 19.8. The number of esters is 1. The Labute approximate surface area is 162 Å². The van der Waals surface area contributed by atoms with Crippen molar-refractivity contribution < 1.29 is 14.3 Å². The van der Waals surface area contributed by atoms with E-state index in [1.807, 2.05) is 0 Å². The Morgan fingerprint density at radius 1 is 1.19 bits per heavy atom. The lowest BCUT2D eigenvalue weighted by Gasteiger charge is -2.09. The highest BCUT2D eigenvalue weighted by atomic mass is 35.5. The van der Waals surface area contributed by atoms with Gasteiger partial charge >= 0.3 is 5.97 Å². The molecule has 0 atom stereocenters. The maximum atomic E-state index is 11.5. The fourth-order valence-corrected chi connectivity index (χ4v) is 2.65. The molecule has 0 aliphatic rings. The molecular formula is C20H17Cl2NO3. The summed E-state index contributed by atoms with van der Waals surface area (Å²) in [4.78, 5) is 11.5. The summed E-state index contributed by atoms with van der Waals surface area (Å²) in [5.74, 6) is 0.110. The van der Waals surface area contributed by atoms with Crippen LogP contribution in [0.25, 0.3) is 11.6 Å². The molecule has 0 radical (unpaired) electrons. The maximum Gasteiger partial charge on any atom is 0.344 e. The highest BCUT2D eigenvalue weighted by Crippen LogP contribution is 2.28. The second-order valence-corrected chi connectivity index (χ2v) is 6.53. The molecule has 6 heteroatoms. The highest BCUT2D eigenvalue weighted by Gasteiger charge is 2.08. The van der Waals surface area contributed by atoms with Crippen LogP contribution >= 0.6 is 23.2 Å². The number of carbonyl (C=O) groups is 1. The van der Waals surface area contributed by atoms with Crippen molar-refractivity contribution in [3.8, 4) is 11.8 Å². The Bertz CT molecular complexity index is 852. The molecule has 0 saturated heterocycles. The van der Waals surface area contributed by atoms with Gasteiger partial charge in [-0.05, 0) is 49.8 Å². The van der Waals surface area contributed by atoms with Crippen LogP contribution < -0.4 is 4.74 Å². The van der Waals surface area contributed by atoms with E-state index >= 15 is 0 Å². The average Bonchev–Trinajstić information content (AvgIpc) is 2.59. The van der Waals surface area contributed by atoms with Crippen LogP contribution in [0, 0.1) is 11.3 Å². The molecular weight excluding hydrogens is 373 g/mol. The van der Waals surface area contributed by atoms with Gasteiger partial charge in [0.25, 0.3) is 0 Å². The van der Waals surface area contributed by atoms with Gasteiger partial charge in [-0.1, -0.05) is 41.4 Å². The van der Waals surface area contributed by atoms with E-state index in [-0.39, 0.29) is 12.7 Å². The van der Waals surface area contributed by atoms with E-state index in [9.17, 15) is 10.1 Å². The normalized spacial score (nSPS) is 11.2. The number of ether oxygens (including phenoxy) is 2. The van der Waals surface area contributed by atoms with Gasteiger partial charge < -0.3 is 9.47 Å². The molecule has 0 spiro atoms. The van der Waals surface area contributed by atoms with Gasteiger partial charge in [0.05, 0.1) is 22.8 Å². The maximum absolute atomic E-state index is 11.5. The van der Waals surface area contributed by atoms with Crippen molar-refractivity contribution in [2.24, 2.45) is 0 Å². The molecule has 2 aromatic rings. The van der Waals surface area contributed by atoms with E-state index in [2.05, 4.69) is 6.07 Å². The zero-order valence-electron chi connectivity index (χ0n) is 14.3. The Balaban J connectivity index is 2.10. The molecule has 0 amide bonds. The van der Waals surface area contributed by atoms with E-state index in [4.69, 9.17) is 32.7 Å². The Morgan fingerprint density at radius 2 is 1.88 bits per heavy atom. The summed E-state index contributed by atoms with van der Waals surface area (Å²) in [7, 11) is 0. The largest absolute Gasteiger partial charge is 0.482 e. The summed E-state index contributed by atoms with van der Waals surface area (Å²) in [6.45, 7) is 3.40. The molecule has 0 aliphatic heterocycles. The number of carbonyl (C=O) groups excluding carboxylic acids is 1. The quantitative estimate of drug-likeness (QED) is 0.377. The molecule has 2 aromatic carbocycles. The van der Waals surface area contributed by atoms with Crippen LogP contribution in [0.4, 0.5) is 0 Å². The van der Waals surface area contributed by atoms with E-state index in [0.717, 1.165) is 5.56 Å². The molecule has 0 aliphatic carbocycles. The molecule has 4 nitrogen and oxygen atoms in total. The molecule has 134 valence electrons. The van der Waals surface area contributed by atoms with Crippen LogP contribution in [0.3, 0.4) is 0 Å². The van der Waals surface area contributed by atoms with Crippen LogP contribution in [0.1, 0.15) is 25.0 Å². The van der Waals surface area contributed by atoms with Gasteiger partial charge in [-0.25, -0.2) is 4.79 Å². The van der Waals surface area contributed by atoms with Crippen molar-refractivity contribution in [2.75, 3.05) is 6.61 Å². The minimum atomic E-state index is -0.423. The van der Waals surface area contributed by atoms with E-state index in [0.29, 0.717) is 26.9 Å². The predicted octanol–water partition coefficient (Wildman–Crippen LogP) is 5.39. The molecule has 26 heavy (non-hydrogen) atoms. The van der Waals surface area contributed by atoms with Crippen molar-refractivity contribution in [3.63, 3.8) is 0 Å². The van der Waals surface area contributed by atoms with E-state index in [1.54, 1.807) is 62.4 Å². The molecule has 0 aromatic heterocycles. The smallest absolute Gasteiger partial charge is 0.344 e. The van der Waals surface area contributed by atoms with E-state index < -0.39 is 5.97 Å². The Morgan fingerprint density at radius 3 is 2.46 bits per heavy atom. The zero-order chi connectivity index (χ0) is 19.1. The minimum Gasteiger partial charge on any atom is -0.482 e. The second kappa shape index (κ2) is 9.28. The lowest BCUT2D eigenvalue weighted by molar-refractivity contribution is -0.149.